The van der Waals surface area contributed by atoms with Crippen LogP contribution in [0.25, 0.3) is 0 Å². The van der Waals surface area contributed by atoms with Gasteiger partial charge in [-0.3, -0.25) is 0 Å². The zero-order valence-electron chi connectivity index (χ0n) is 8.21. The summed E-state index contributed by atoms with van der Waals surface area (Å²) in [5.41, 5.74) is 5.95. The maximum absolute atomic E-state index is 8.91. The fraction of sp³-hybridized carbons (Fsp3) is 1.00. The topological polar surface area (TPSA) is 46.2 Å². The largest absolute Gasteiger partial charge is 0.396 e. The van der Waals surface area contributed by atoms with Crippen molar-refractivity contribution >= 4 is 0 Å². The smallest absolute Gasteiger partial charge is 0.0434 e. The minimum Gasteiger partial charge on any atom is -0.396 e. The summed E-state index contributed by atoms with van der Waals surface area (Å²) in [6, 6.07) is 0. The van der Waals surface area contributed by atoms with Crippen molar-refractivity contribution in [3.63, 3.8) is 0 Å². The highest BCUT2D eigenvalue weighted by molar-refractivity contribution is 4.90. The van der Waals surface area contributed by atoms with E-state index in [1.165, 1.54) is 19.3 Å². The average molecular weight is 171 g/mol. The van der Waals surface area contributed by atoms with Gasteiger partial charge in [-0.15, -0.1) is 0 Å². The molecule has 1 saturated carbocycles. The molecule has 0 amide bonds. The number of hydrogen-bond acceptors (Lipinski definition) is 2. The fourth-order valence-electron chi connectivity index (χ4n) is 2.20. The molecule has 72 valence electrons. The highest BCUT2D eigenvalue weighted by Gasteiger charge is 2.35. The second-order valence-corrected chi connectivity index (χ2v) is 4.63. The Bertz CT molecular complexity index is 135. The Kier molecular flexibility index (Phi) is 3.13. The van der Waals surface area contributed by atoms with E-state index in [1.807, 2.05) is 0 Å². The Hall–Kier alpha value is -0.0800. The van der Waals surface area contributed by atoms with Crippen LogP contribution in [0.5, 0.6) is 0 Å². The molecule has 0 aromatic rings. The average Bonchev–Trinajstić information content (AvgIpc) is 1.80. The zero-order chi connectivity index (χ0) is 9.19. The first-order valence-electron chi connectivity index (χ1n) is 4.95. The summed E-state index contributed by atoms with van der Waals surface area (Å²) in [5, 5.41) is 8.91. The van der Waals surface area contributed by atoms with Crippen LogP contribution in [0.1, 0.15) is 39.5 Å². The molecule has 0 saturated heterocycles. The molecule has 0 aromatic carbocycles. The third-order valence-electron chi connectivity index (χ3n) is 3.11. The number of rotatable bonds is 4. The highest BCUT2D eigenvalue weighted by atomic mass is 16.3. The number of nitrogens with two attached hydrogens (primary N) is 1. The van der Waals surface area contributed by atoms with Crippen LogP contribution in [0.3, 0.4) is 0 Å². The molecule has 12 heavy (non-hydrogen) atoms. The van der Waals surface area contributed by atoms with Crippen LogP contribution in [0, 0.1) is 11.8 Å². The Labute approximate surface area is 75.2 Å². The SMILES string of the molecule is CC(C)(N)C(CCO)C1CCC1. The summed E-state index contributed by atoms with van der Waals surface area (Å²) in [6.07, 6.45) is 4.84. The van der Waals surface area contributed by atoms with E-state index < -0.39 is 0 Å². The molecule has 3 N–H and O–H groups in total. The van der Waals surface area contributed by atoms with Crippen molar-refractivity contribution in [2.45, 2.75) is 45.1 Å². The molecule has 0 radical (unpaired) electrons. The van der Waals surface area contributed by atoms with E-state index in [0.717, 1.165) is 12.3 Å². The molecule has 0 bridgehead atoms. The third-order valence-corrected chi connectivity index (χ3v) is 3.11. The highest BCUT2D eigenvalue weighted by Crippen LogP contribution is 2.39. The van der Waals surface area contributed by atoms with Crippen molar-refractivity contribution in [3.05, 3.63) is 0 Å². The van der Waals surface area contributed by atoms with Gasteiger partial charge in [-0.05, 0) is 32.1 Å². The summed E-state index contributed by atoms with van der Waals surface area (Å²) in [5.74, 6) is 1.29. The molecule has 2 heteroatoms. The normalized spacial score (nSPS) is 22.0. The molecule has 2 nitrogen and oxygen atoms in total. The summed E-state index contributed by atoms with van der Waals surface area (Å²) in [4.78, 5) is 0. The van der Waals surface area contributed by atoms with E-state index in [2.05, 4.69) is 13.8 Å². The van der Waals surface area contributed by atoms with Gasteiger partial charge in [-0.2, -0.15) is 0 Å². The minimum atomic E-state index is -0.117. The number of hydrogen-bond donors (Lipinski definition) is 2. The van der Waals surface area contributed by atoms with Gasteiger partial charge in [0.25, 0.3) is 0 Å². The first-order chi connectivity index (χ1) is 5.55. The van der Waals surface area contributed by atoms with Crippen LogP contribution in [0.15, 0.2) is 0 Å². The second kappa shape index (κ2) is 3.75. The van der Waals surface area contributed by atoms with Gasteiger partial charge < -0.3 is 10.8 Å². The molecule has 1 aliphatic rings. The van der Waals surface area contributed by atoms with Crippen LogP contribution in [0.4, 0.5) is 0 Å². The van der Waals surface area contributed by atoms with E-state index in [9.17, 15) is 0 Å². The lowest BCUT2D eigenvalue weighted by atomic mass is 9.67. The van der Waals surface area contributed by atoms with Crippen LogP contribution < -0.4 is 5.73 Å². The fourth-order valence-corrected chi connectivity index (χ4v) is 2.20. The Morgan fingerprint density at radius 2 is 2.08 bits per heavy atom. The van der Waals surface area contributed by atoms with Crippen LogP contribution in [-0.2, 0) is 0 Å². The first-order valence-corrected chi connectivity index (χ1v) is 4.95. The van der Waals surface area contributed by atoms with Gasteiger partial charge >= 0.3 is 0 Å². The van der Waals surface area contributed by atoms with E-state index >= 15 is 0 Å². The number of aliphatic hydroxyl groups is 1. The molecule has 1 unspecified atom stereocenters. The van der Waals surface area contributed by atoms with Crippen molar-refractivity contribution < 1.29 is 5.11 Å². The molecule has 0 heterocycles. The quantitative estimate of drug-likeness (QED) is 0.673. The molecule has 0 spiro atoms. The van der Waals surface area contributed by atoms with Gasteiger partial charge in [0.15, 0.2) is 0 Å². The Balaban J connectivity index is 2.47. The van der Waals surface area contributed by atoms with Crippen molar-refractivity contribution in [1.29, 1.82) is 0 Å². The monoisotopic (exact) mass is 171 g/mol. The van der Waals surface area contributed by atoms with Crippen molar-refractivity contribution in [1.82, 2.24) is 0 Å². The maximum atomic E-state index is 8.91. The van der Waals surface area contributed by atoms with E-state index in [-0.39, 0.29) is 12.1 Å². The maximum Gasteiger partial charge on any atom is 0.0434 e. The first kappa shape index (κ1) is 10.0. The van der Waals surface area contributed by atoms with Crippen LogP contribution >= 0.6 is 0 Å². The summed E-state index contributed by atoms with van der Waals surface area (Å²) >= 11 is 0. The van der Waals surface area contributed by atoms with Gasteiger partial charge in [0.05, 0.1) is 0 Å². The third kappa shape index (κ3) is 2.20. The minimum absolute atomic E-state index is 0.117. The van der Waals surface area contributed by atoms with E-state index in [1.54, 1.807) is 0 Å². The lowest BCUT2D eigenvalue weighted by molar-refractivity contribution is 0.106. The molecule has 1 fully saturated rings. The molecule has 0 aromatic heterocycles. The Morgan fingerprint density at radius 1 is 1.50 bits per heavy atom. The van der Waals surface area contributed by atoms with Gasteiger partial charge in [0.2, 0.25) is 0 Å². The molecule has 1 aliphatic carbocycles. The summed E-state index contributed by atoms with van der Waals surface area (Å²) in [7, 11) is 0. The predicted octanol–water partition coefficient (Wildman–Crippen LogP) is 1.52. The molecule has 0 aliphatic heterocycles. The van der Waals surface area contributed by atoms with Crippen molar-refractivity contribution in [3.8, 4) is 0 Å². The number of aliphatic hydroxyl groups excluding tert-OH is 1. The van der Waals surface area contributed by atoms with Crippen molar-refractivity contribution in [2.24, 2.45) is 17.6 Å². The van der Waals surface area contributed by atoms with E-state index in [0.29, 0.717) is 5.92 Å². The summed E-state index contributed by atoms with van der Waals surface area (Å²) < 4.78 is 0. The standard InChI is InChI=1S/C10H21NO/c1-10(2,11)9(6-7-12)8-4-3-5-8/h8-9,12H,3-7,11H2,1-2H3. The lowest BCUT2D eigenvalue weighted by Gasteiger charge is -2.41. The molecular weight excluding hydrogens is 150 g/mol. The molecular formula is C10H21NO. The van der Waals surface area contributed by atoms with Gasteiger partial charge in [-0.25, -0.2) is 0 Å². The van der Waals surface area contributed by atoms with Gasteiger partial charge in [0, 0.05) is 12.1 Å². The Morgan fingerprint density at radius 3 is 2.33 bits per heavy atom. The molecule has 1 atom stereocenters. The van der Waals surface area contributed by atoms with Gasteiger partial charge in [0.1, 0.15) is 0 Å². The lowest BCUT2D eigenvalue weighted by Crippen LogP contribution is -2.46. The predicted molar refractivity (Wildman–Crippen MR) is 50.8 cm³/mol. The summed E-state index contributed by atoms with van der Waals surface area (Å²) in [6.45, 7) is 4.43. The zero-order valence-corrected chi connectivity index (χ0v) is 8.21. The second-order valence-electron chi connectivity index (χ2n) is 4.63. The van der Waals surface area contributed by atoms with Crippen molar-refractivity contribution in [2.75, 3.05) is 6.61 Å². The molecule has 1 rings (SSSR count). The van der Waals surface area contributed by atoms with Crippen LogP contribution in [-0.4, -0.2) is 17.3 Å². The van der Waals surface area contributed by atoms with Gasteiger partial charge in [-0.1, -0.05) is 19.3 Å². The van der Waals surface area contributed by atoms with E-state index in [4.69, 9.17) is 10.8 Å². The van der Waals surface area contributed by atoms with Crippen LogP contribution in [0.2, 0.25) is 0 Å².